The van der Waals surface area contributed by atoms with E-state index in [9.17, 15) is 0 Å². The molecule has 0 spiro atoms. The Balaban J connectivity index is 1.89. The van der Waals surface area contributed by atoms with Crippen LogP contribution in [0.1, 0.15) is 33.6 Å². The molecule has 4 heteroatoms. The summed E-state index contributed by atoms with van der Waals surface area (Å²) in [5, 5.41) is 3.73. The van der Waals surface area contributed by atoms with E-state index < -0.39 is 0 Å². The van der Waals surface area contributed by atoms with Crippen molar-refractivity contribution in [3.05, 3.63) is 23.7 Å². The molecule has 0 saturated carbocycles. The van der Waals surface area contributed by atoms with Gasteiger partial charge in [0.2, 0.25) is 0 Å². The van der Waals surface area contributed by atoms with Crippen LogP contribution in [0.15, 0.2) is 23.7 Å². The standard InChI is InChI=1S/C17H25N3S/c1-4-5-13-10-20(16(9-18-13)12(2)3)14-6-7-15-17(8-14)21-11-19-15/h6-8,11-13,16,18H,4-5,9-10H2,1-3H3. The second-order valence-corrected chi connectivity index (χ2v) is 7.25. The Morgan fingerprint density at radius 2 is 2.29 bits per heavy atom. The maximum atomic E-state index is 4.39. The minimum Gasteiger partial charge on any atom is -0.365 e. The quantitative estimate of drug-likeness (QED) is 0.928. The molecule has 1 aliphatic rings. The summed E-state index contributed by atoms with van der Waals surface area (Å²) in [6.45, 7) is 9.11. The average molecular weight is 303 g/mol. The first-order valence-electron chi connectivity index (χ1n) is 8.02. The van der Waals surface area contributed by atoms with Gasteiger partial charge in [-0.1, -0.05) is 27.2 Å². The molecule has 3 nitrogen and oxygen atoms in total. The molecular weight excluding hydrogens is 278 g/mol. The van der Waals surface area contributed by atoms with Gasteiger partial charge >= 0.3 is 0 Å². The molecule has 1 aromatic heterocycles. The highest BCUT2D eigenvalue weighted by Gasteiger charge is 2.29. The Morgan fingerprint density at radius 1 is 1.43 bits per heavy atom. The molecule has 2 heterocycles. The van der Waals surface area contributed by atoms with Crippen LogP contribution >= 0.6 is 11.3 Å². The summed E-state index contributed by atoms with van der Waals surface area (Å²) >= 11 is 1.73. The van der Waals surface area contributed by atoms with Gasteiger partial charge in [0, 0.05) is 30.9 Å². The van der Waals surface area contributed by atoms with Crippen LogP contribution < -0.4 is 10.2 Å². The van der Waals surface area contributed by atoms with Crippen LogP contribution in [-0.4, -0.2) is 30.2 Å². The monoisotopic (exact) mass is 303 g/mol. The second-order valence-electron chi connectivity index (χ2n) is 6.36. The summed E-state index contributed by atoms with van der Waals surface area (Å²) in [4.78, 5) is 7.00. The van der Waals surface area contributed by atoms with Gasteiger partial charge in [-0.3, -0.25) is 0 Å². The molecule has 21 heavy (non-hydrogen) atoms. The van der Waals surface area contributed by atoms with Crippen LogP contribution in [0.25, 0.3) is 10.2 Å². The molecular formula is C17H25N3S. The number of aromatic nitrogens is 1. The van der Waals surface area contributed by atoms with Gasteiger partial charge in [0.05, 0.1) is 15.7 Å². The van der Waals surface area contributed by atoms with Crippen molar-refractivity contribution in [3.8, 4) is 0 Å². The molecule has 0 bridgehead atoms. The van der Waals surface area contributed by atoms with Crippen LogP contribution in [0.3, 0.4) is 0 Å². The van der Waals surface area contributed by atoms with Crippen molar-refractivity contribution in [2.45, 2.75) is 45.7 Å². The summed E-state index contributed by atoms with van der Waals surface area (Å²) in [6, 6.07) is 7.91. The van der Waals surface area contributed by atoms with Gasteiger partial charge in [-0.2, -0.15) is 0 Å². The summed E-state index contributed by atoms with van der Waals surface area (Å²) in [7, 11) is 0. The zero-order chi connectivity index (χ0) is 14.8. The Bertz CT molecular complexity index is 592. The number of piperazine rings is 1. The van der Waals surface area contributed by atoms with Gasteiger partial charge in [0.1, 0.15) is 0 Å². The van der Waals surface area contributed by atoms with Crippen molar-refractivity contribution < 1.29 is 0 Å². The smallest absolute Gasteiger partial charge is 0.0813 e. The lowest BCUT2D eigenvalue weighted by molar-refractivity contribution is 0.327. The zero-order valence-electron chi connectivity index (χ0n) is 13.2. The van der Waals surface area contributed by atoms with E-state index in [2.05, 4.69) is 54.2 Å². The van der Waals surface area contributed by atoms with Crippen LogP contribution in [-0.2, 0) is 0 Å². The highest BCUT2D eigenvalue weighted by Crippen LogP contribution is 2.29. The fourth-order valence-corrected chi connectivity index (χ4v) is 4.00. The van der Waals surface area contributed by atoms with E-state index in [4.69, 9.17) is 0 Å². The third kappa shape index (κ3) is 3.06. The molecule has 1 N–H and O–H groups in total. The van der Waals surface area contributed by atoms with Crippen molar-refractivity contribution in [1.29, 1.82) is 0 Å². The fraction of sp³-hybridized carbons (Fsp3) is 0.588. The molecule has 2 atom stereocenters. The highest BCUT2D eigenvalue weighted by atomic mass is 32.1. The van der Waals surface area contributed by atoms with Crippen LogP contribution in [0.5, 0.6) is 0 Å². The Kier molecular flexibility index (Phi) is 4.45. The number of anilines is 1. The van der Waals surface area contributed by atoms with Gasteiger partial charge in [-0.15, -0.1) is 11.3 Å². The number of hydrogen-bond donors (Lipinski definition) is 1. The normalized spacial score (nSPS) is 23.1. The Morgan fingerprint density at radius 3 is 3.05 bits per heavy atom. The van der Waals surface area contributed by atoms with Gasteiger partial charge in [0.25, 0.3) is 0 Å². The lowest BCUT2D eigenvalue weighted by Crippen LogP contribution is -2.58. The van der Waals surface area contributed by atoms with E-state index in [0.29, 0.717) is 18.0 Å². The molecule has 1 aliphatic heterocycles. The molecule has 2 aromatic rings. The topological polar surface area (TPSA) is 28.2 Å². The highest BCUT2D eigenvalue weighted by molar-refractivity contribution is 7.16. The molecule has 0 amide bonds. The van der Waals surface area contributed by atoms with Crippen LogP contribution in [0.4, 0.5) is 5.69 Å². The number of hydrogen-bond acceptors (Lipinski definition) is 4. The summed E-state index contributed by atoms with van der Waals surface area (Å²) in [5.41, 5.74) is 4.41. The predicted molar refractivity (Wildman–Crippen MR) is 92.3 cm³/mol. The maximum absolute atomic E-state index is 4.39. The van der Waals surface area contributed by atoms with E-state index in [1.165, 1.54) is 23.2 Å². The predicted octanol–water partition coefficient (Wildman–Crippen LogP) is 3.90. The number of fused-ring (bicyclic) bond motifs is 1. The maximum Gasteiger partial charge on any atom is 0.0813 e. The van der Waals surface area contributed by atoms with E-state index in [1.54, 1.807) is 11.3 Å². The van der Waals surface area contributed by atoms with Crippen molar-refractivity contribution in [3.63, 3.8) is 0 Å². The van der Waals surface area contributed by atoms with Crippen LogP contribution in [0, 0.1) is 5.92 Å². The van der Waals surface area contributed by atoms with E-state index >= 15 is 0 Å². The Labute approximate surface area is 131 Å². The molecule has 1 aromatic carbocycles. The van der Waals surface area contributed by atoms with E-state index in [0.717, 1.165) is 18.6 Å². The number of nitrogens with one attached hydrogen (secondary N) is 1. The minimum atomic E-state index is 0.573. The van der Waals surface area contributed by atoms with Crippen molar-refractivity contribution >= 4 is 27.2 Å². The zero-order valence-corrected chi connectivity index (χ0v) is 14.0. The molecule has 2 unspecified atom stereocenters. The SMILES string of the molecule is CCCC1CN(c2ccc3ncsc3c2)C(C(C)C)CN1. The fourth-order valence-electron chi connectivity index (χ4n) is 3.29. The molecule has 0 radical (unpaired) electrons. The number of thiazole rings is 1. The molecule has 1 saturated heterocycles. The molecule has 3 rings (SSSR count). The Hall–Kier alpha value is -1.13. The van der Waals surface area contributed by atoms with Gasteiger partial charge in [0.15, 0.2) is 0 Å². The third-order valence-corrected chi connectivity index (χ3v) is 5.28. The molecule has 1 fully saturated rings. The molecule has 0 aliphatic carbocycles. The van der Waals surface area contributed by atoms with Gasteiger partial charge in [-0.05, 0) is 30.5 Å². The lowest BCUT2D eigenvalue weighted by Gasteiger charge is -2.44. The van der Waals surface area contributed by atoms with E-state index in [1.807, 2.05) is 5.51 Å². The van der Waals surface area contributed by atoms with E-state index in [-0.39, 0.29) is 0 Å². The lowest BCUT2D eigenvalue weighted by atomic mass is 9.96. The van der Waals surface area contributed by atoms with Gasteiger partial charge in [-0.25, -0.2) is 4.98 Å². The second kappa shape index (κ2) is 6.32. The molecule has 114 valence electrons. The van der Waals surface area contributed by atoms with Crippen LogP contribution in [0.2, 0.25) is 0 Å². The van der Waals surface area contributed by atoms with Gasteiger partial charge < -0.3 is 10.2 Å². The minimum absolute atomic E-state index is 0.573. The number of rotatable bonds is 4. The first kappa shape index (κ1) is 14.8. The summed E-state index contributed by atoms with van der Waals surface area (Å²) in [5.74, 6) is 0.650. The first-order valence-corrected chi connectivity index (χ1v) is 8.90. The third-order valence-electron chi connectivity index (χ3n) is 4.49. The van der Waals surface area contributed by atoms with Crippen molar-refractivity contribution in [2.75, 3.05) is 18.0 Å². The van der Waals surface area contributed by atoms with Crippen molar-refractivity contribution in [2.24, 2.45) is 5.92 Å². The number of nitrogens with zero attached hydrogens (tertiary/aromatic N) is 2. The first-order chi connectivity index (χ1) is 10.2. The number of benzene rings is 1. The summed E-state index contributed by atoms with van der Waals surface area (Å²) in [6.07, 6.45) is 2.50. The largest absolute Gasteiger partial charge is 0.365 e. The average Bonchev–Trinajstić information content (AvgIpc) is 2.94. The summed E-state index contributed by atoms with van der Waals surface area (Å²) < 4.78 is 1.29. The van der Waals surface area contributed by atoms with Crippen molar-refractivity contribution in [1.82, 2.24) is 10.3 Å².